The third-order valence-electron chi connectivity index (χ3n) is 7.85. The summed E-state index contributed by atoms with van der Waals surface area (Å²) in [6.07, 6.45) is -25.3. The van der Waals surface area contributed by atoms with E-state index in [0.717, 1.165) is 13.8 Å². The van der Waals surface area contributed by atoms with Crippen molar-refractivity contribution >= 4 is 17.8 Å². The van der Waals surface area contributed by atoms with Crippen LogP contribution in [0.2, 0.25) is 0 Å². The second kappa shape index (κ2) is 17.6. The van der Waals surface area contributed by atoms with Crippen molar-refractivity contribution in [3.05, 3.63) is 0 Å². The molecule has 12 N–H and O–H groups in total. The van der Waals surface area contributed by atoms with Crippen LogP contribution >= 0.6 is 0 Å². The van der Waals surface area contributed by atoms with Gasteiger partial charge in [-0.3, -0.25) is 9.59 Å². The van der Waals surface area contributed by atoms with Crippen molar-refractivity contribution in [2.24, 2.45) is 0 Å². The van der Waals surface area contributed by atoms with Crippen molar-refractivity contribution in [3.63, 3.8) is 0 Å². The van der Waals surface area contributed by atoms with E-state index in [-0.39, 0.29) is 29.6 Å². The summed E-state index contributed by atoms with van der Waals surface area (Å²) in [5, 5.41) is 119. The van der Waals surface area contributed by atoms with Gasteiger partial charge in [0.15, 0.2) is 12.6 Å². The summed E-state index contributed by atoms with van der Waals surface area (Å²) in [5.41, 5.74) is 0. The zero-order valence-electron chi connectivity index (χ0n) is 25.6. The molecule has 3 aliphatic rings. The van der Waals surface area contributed by atoms with Crippen LogP contribution in [0.3, 0.4) is 0 Å². The van der Waals surface area contributed by atoms with Gasteiger partial charge in [0.1, 0.15) is 73.1 Å². The largest absolute Gasteiger partial charge is 1.00 e. The number of amides is 2. The van der Waals surface area contributed by atoms with Crippen LogP contribution in [0.1, 0.15) is 20.3 Å². The van der Waals surface area contributed by atoms with Crippen molar-refractivity contribution in [1.29, 1.82) is 0 Å². The summed E-state index contributed by atoms with van der Waals surface area (Å²) in [6.45, 7) is -0.818. The molecule has 3 fully saturated rings. The molecule has 0 aromatic rings. The second-order valence-corrected chi connectivity index (χ2v) is 11.3. The Morgan fingerprint density at radius 1 is 0.894 bits per heavy atom. The number of ether oxygens (including phenoxy) is 5. The molecule has 3 heterocycles. The SMILES string of the molecule is CC(=O)NC1C(O)OC(COC2(C(=O)[O-])CC(O)C(NC(C)=O)C(C(O)C(O)CO)O2)C(OC2OC(CO)C(O)C(O)C2O)C1O.[Na+]. The third-order valence-corrected chi connectivity index (χ3v) is 7.85. The molecule has 266 valence electrons. The van der Waals surface area contributed by atoms with Gasteiger partial charge in [0.2, 0.25) is 17.6 Å². The van der Waals surface area contributed by atoms with Gasteiger partial charge < -0.3 is 95.3 Å². The Morgan fingerprint density at radius 2 is 1.49 bits per heavy atom. The van der Waals surface area contributed by atoms with Crippen LogP contribution in [-0.2, 0) is 38.1 Å². The van der Waals surface area contributed by atoms with Gasteiger partial charge >= 0.3 is 29.6 Å². The molecule has 21 nitrogen and oxygen atoms in total. The van der Waals surface area contributed by atoms with Gasteiger partial charge in [-0.05, 0) is 0 Å². The van der Waals surface area contributed by atoms with Crippen LogP contribution in [-0.4, -0.2) is 186 Å². The molecular weight excluding hydrogens is 655 g/mol. The molecule has 47 heavy (non-hydrogen) atoms. The van der Waals surface area contributed by atoms with Crippen molar-refractivity contribution < 1.29 is 124 Å². The summed E-state index contributed by atoms with van der Waals surface area (Å²) < 4.78 is 27.3. The van der Waals surface area contributed by atoms with Gasteiger partial charge in [-0.1, -0.05) is 0 Å². The number of carboxylic acid groups (broad SMARTS) is 1. The van der Waals surface area contributed by atoms with E-state index in [9.17, 15) is 70.6 Å². The molecule has 16 atom stereocenters. The predicted octanol–water partition coefficient (Wildman–Crippen LogP) is -12.4. The monoisotopic (exact) mass is 696 g/mol. The van der Waals surface area contributed by atoms with Crippen LogP contribution in [0.25, 0.3) is 0 Å². The smallest absolute Gasteiger partial charge is 0.544 e. The molecule has 3 rings (SSSR count). The van der Waals surface area contributed by atoms with Gasteiger partial charge in [-0.15, -0.1) is 0 Å². The summed E-state index contributed by atoms with van der Waals surface area (Å²) in [5.74, 6) is -6.60. The number of hydrogen-bond donors (Lipinski definition) is 12. The minimum Gasteiger partial charge on any atom is -0.544 e. The summed E-state index contributed by atoms with van der Waals surface area (Å²) >= 11 is 0. The van der Waals surface area contributed by atoms with Gasteiger partial charge in [0, 0.05) is 20.3 Å². The van der Waals surface area contributed by atoms with E-state index in [1.807, 2.05) is 0 Å². The molecule has 0 radical (unpaired) electrons. The predicted molar refractivity (Wildman–Crippen MR) is 139 cm³/mol. The minimum atomic E-state index is -2.98. The maximum Gasteiger partial charge on any atom is 1.00 e. The topological polar surface area (TPSA) is 347 Å². The Bertz CT molecular complexity index is 1060. The average molecular weight is 697 g/mol. The average Bonchev–Trinajstić information content (AvgIpc) is 2.99. The number of aliphatic carboxylic acids is 1. The first kappa shape index (κ1) is 42.0. The summed E-state index contributed by atoms with van der Waals surface area (Å²) in [6, 6.07) is -3.12. The molecule has 2 amide bonds. The van der Waals surface area contributed by atoms with Crippen molar-refractivity contribution in [3.8, 4) is 0 Å². The van der Waals surface area contributed by atoms with Gasteiger partial charge in [0.05, 0.1) is 32.0 Å². The zero-order chi connectivity index (χ0) is 34.7. The minimum absolute atomic E-state index is 0. The van der Waals surface area contributed by atoms with Gasteiger partial charge in [-0.25, -0.2) is 0 Å². The van der Waals surface area contributed by atoms with Gasteiger partial charge in [-0.2, -0.15) is 0 Å². The number of rotatable bonds is 12. The maximum atomic E-state index is 12.4. The van der Waals surface area contributed by atoms with Crippen LogP contribution in [0.5, 0.6) is 0 Å². The van der Waals surface area contributed by atoms with Crippen LogP contribution in [0, 0.1) is 0 Å². The van der Waals surface area contributed by atoms with Crippen LogP contribution < -0.4 is 45.3 Å². The van der Waals surface area contributed by atoms with E-state index < -0.39 is 142 Å². The molecule has 0 spiro atoms. The number of aliphatic hydroxyl groups is 10. The summed E-state index contributed by atoms with van der Waals surface area (Å²) in [4.78, 5) is 35.9. The number of aliphatic hydroxyl groups excluding tert-OH is 10. The first-order valence-electron chi connectivity index (χ1n) is 14.2. The van der Waals surface area contributed by atoms with E-state index >= 15 is 0 Å². The molecule has 22 heteroatoms. The Kier molecular flexibility index (Phi) is 15.8. The Hall–Kier alpha value is -1.19. The van der Waals surface area contributed by atoms with E-state index in [4.69, 9.17) is 23.7 Å². The van der Waals surface area contributed by atoms with E-state index in [2.05, 4.69) is 10.6 Å². The Morgan fingerprint density at radius 3 is 2.02 bits per heavy atom. The molecule has 16 unspecified atom stereocenters. The van der Waals surface area contributed by atoms with E-state index in [1.54, 1.807) is 0 Å². The number of carbonyl (C=O) groups is 3. The first-order valence-corrected chi connectivity index (χ1v) is 14.2. The normalized spacial score (nSPS) is 42.0. The standard InChI is InChI=1S/C25H42N2O19.Na/c1-7(30)26-13-9(32)3-25(24(40)41,46-21(13)15(34)10(33)4-28)42-6-12-20(17(36)14(22(39)43-12)27-8(2)31)45-23-19(38)18(37)16(35)11(5-29)44-23;/h9-23,28-29,32-39H,3-6H2,1-2H3,(H,26,30)(H,27,31)(H,40,41);/q;+1/p-1. The van der Waals surface area contributed by atoms with Crippen LogP contribution in [0.4, 0.5) is 0 Å². The molecule has 0 aromatic heterocycles. The number of nitrogens with one attached hydrogen (secondary N) is 2. The molecule has 0 bridgehead atoms. The fraction of sp³-hybridized carbons (Fsp3) is 0.880. The fourth-order valence-electron chi connectivity index (χ4n) is 5.45. The van der Waals surface area contributed by atoms with E-state index in [0.29, 0.717) is 0 Å². The maximum absolute atomic E-state index is 12.4. The molecule has 0 aromatic carbocycles. The first-order chi connectivity index (χ1) is 21.5. The Labute approximate surface area is 289 Å². The molecule has 3 saturated heterocycles. The second-order valence-electron chi connectivity index (χ2n) is 11.3. The fourth-order valence-corrected chi connectivity index (χ4v) is 5.45. The van der Waals surface area contributed by atoms with Crippen molar-refractivity contribution in [1.82, 2.24) is 10.6 Å². The van der Waals surface area contributed by atoms with Crippen LogP contribution in [0.15, 0.2) is 0 Å². The molecule has 0 aliphatic carbocycles. The number of carboxylic acids is 1. The Balaban J connectivity index is 0.00000768. The molecule has 0 saturated carbocycles. The van der Waals surface area contributed by atoms with Crippen molar-refractivity contribution in [2.45, 2.75) is 118 Å². The molecule has 3 aliphatic heterocycles. The van der Waals surface area contributed by atoms with E-state index in [1.165, 1.54) is 0 Å². The number of hydrogen-bond acceptors (Lipinski definition) is 19. The van der Waals surface area contributed by atoms with Gasteiger partial charge in [0.25, 0.3) is 0 Å². The number of carbonyl (C=O) groups excluding carboxylic acids is 3. The van der Waals surface area contributed by atoms with Crippen molar-refractivity contribution in [2.75, 3.05) is 19.8 Å². The molecular formula is C25H41N2NaO19. The summed E-state index contributed by atoms with van der Waals surface area (Å²) in [7, 11) is 0. The quantitative estimate of drug-likeness (QED) is 0.0843. The third kappa shape index (κ3) is 9.53. The zero-order valence-corrected chi connectivity index (χ0v) is 27.6.